The highest BCUT2D eigenvalue weighted by molar-refractivity contribution is 7.97. The molecule has 0 fully saturated rings. The molecule has 0 aliphatic rings. The third-order valence-corrected chi connectivity index (χ3v) is 14.6. The second kappa shape index (κ2) is 25.8. The molecule has 0 amide bonds. The molecule has 0 N–H and O–H groups in total. The van der Waals surface area contributed by atoms with E-state index in [-0.39, 0.29) is 38.6 Å². The van der Waals surface area contributed by atoms with Gasteiger partial charge in [-0.25, -0.2) is 16.8 Å². The predicted molar refractivity (Wildman–Crippen MR) is 280 cm³/mol. The van der Waals surface area contributed by atoms with Gasteiger partial charge in [0.2, 0.25) is 0 Å². The Hall–Kier alpha value is -5.75. The number of halogens is 3. The van der Waals surface area contributed by atoms with Gasteiger partial charge >= 0.3 is 5.51 Å². The summed E-state index contributed by atoms with van der Waals surface area (Å²) < 4.78 is 108. The Morgan fingerprint density at radius 1 is 0.375 bits per heavy atom. The first-order valence-corrected chi connectivity index (χ1v) is 27.9. The van der Waals surface area contributed by atoms with Crippen molar-refractivity contribution >= 4 is 42.0 Å². The minimum absolute atomic E-state index is 0.0146. The van der Waals surface area contributed by atoms with Crippen LogP contribution in [-0.2, 0) is 47.8 Å². The van der Waals surface area contributed by atoms with Gasteiger partial charge in [-0.2, -0.15) is 13.2 Å². The van der Waals surface area contributed by atoms with E-state index in [9.17, 15) is 26.1 Å². The van der Waals surface area contributed by atoms with Crippen molar-refractivity contribution in [3.05, 3.63) is 200 Å². The average molecular weight is 1060 g/mol. The molecule has 16 heteroatoms. The summed E-state index contributed by atoms with van der Waals surface area (Å²) in [5.41, 5.74) is -5.80. The van der Waals surface area contributed by atoms with Crippen LogP contribution in [-0.4, -0.2) is 48.3 Å². The number of hydrogen-bond acceptors (Lipinski definition) is 9. The van der Waals surface area contributed by atoms with Gasteiger partial charge in [-0.3, -0.25) is 0 Å². The molecule has 7 rings (SSSR count). The largest absolute Gasteiger partial charge is 0.748 e. The summed E-state index contributed by atoms with van der Waals surface area (Å²) >= 11 is 0. The molecule has 0 bridgehead atoms. The smallest absolute Gasteiger partial charge is 0.485 e. The molecule has 0 saturated heterocycles. The molecule has 0 radical (unpaired) electrons. The Bertz CT molecular complexity index is 2670. The van der Waals surface area contributed by atoms with E-state index in [1.54, 1.807) is 30.3 Å². The standard InChI is InChI=1S/C30H39O3S.C18H15S.C7H8O3S.CHF3O3S/c1-28(2,3)31-22-10-16-25(17-11-22)34(26-18-12-23(13-19-26)32-29(4,5)6)27-20-14-24(15-21-27)33-30(7,8)9;1-4-10-16(11-5-1)19(17-12-6-2-7-13-17)18-14-8-3-9-15-18;8-11(9,10)6-7-4-2-1-3-5-7;2-1(3,4)8(5,6)7/h10-21H,1-9H3;1-15H;1-5H,6H2,(H,8,9,10);(H,5,6,7)/q2*+1;;/p-2. The Morgan fingerprint density at radius 2 is 0.583 bits per heavy atom. The van der Waals surface area contributed by atoms with Crippen LogP contribution in [0.1, 0.15) is 67.9 Å². The van der Waals surface area contributed by atoms with Gasteiger partial charge in [0.05, 0.1) is 37.7 Å². The SMILES string of the molecule is CC(C)(C)Oc1ccc([S+](c2ccc(OC(C)(C)C)cc2)c2ccc(OC(C)(C)C)cc2)cc1.O=S(=O)([O-])C(F)(F)F.O=S(=O)([O-])Cc1ccccc1.c1ccc([S+](c2ccccc2)c2ccccc2)cc1. The van der Waals surface area contributed by atoms with Gasteiger partial charge in [0, 0.05) is 0 Å². The molecule has 0 spiro atoms. The van der Waals surface area contributed by atoms with E-state index in [2.05, 4.69) is 226 Å². The monoisotopic (exact) mass is 1060 g/mol. The van der Waals surface area contributed by atoms with Gasteiger partial charge in [-0.1, -0.05) is 84.9 Å². The molecule has 7 aromatic carbocycles. The van der Waals surface area contributed by atoms with Crippen molar-refractivity contribution in [2.24, 2.45) is 0 Å². The molecule has 72 heavy (non-hydrogen) atoms. The van der Waals surface area contributed by atoms with E-state index < -0.39 is 31.5 Å². The molecule has 0 atom stereocenters. The van der Waals surface area contributed by atoms with Crippen LogP contribution in [0, 0.1) is 0 Å². The van der Waals surface area contributed by atoms with Gasteiger partial charge in [0.1, 0.15) is 34.1 Å². The third-order valence-electron chi connectivity index (χ3n) is 8.86. The second-order valence-electron chi connectivity index (χ2n) is 18.7. The van der Waals surface area contributed by atoms with Crippen LogP contribution in [0.25, 0.3) is 0 Å². The molecule has 7 aromatic rings. The van der Waals surface area contributed by atoms with Crippen molar-refractivity contribution in [1.29, 1.82) is 0 Å². The molecule has 384 valence electrons. The lowest BCUT2D eigenvalue weighted by atomic mass is 10.2. The molecule has 0 unspecified atom stereocenters. The summed E-state index contributed by atoms with van der Waals surface area (Å²) in [4.78, 5) is 7.78. The fourth-order valence-corrected chi connectivity index (χ4v) is 11.0. The quantitative estimate of drug-likeness (QED) is 0.0703. The van der Waals surface area contributed by atoms with Gasteiger partial charge in [-0.15, -0.1) is 0 Å². The van der Waals surface area contributed by atoms with E-state index in [0.717, 1.165) is 17.2 Å². The van der Waals surface area contributed by atoms with Crippen LogP contribution in [0.4, 0.5) is 13.2 Å². The predicted octanol–water partition coefficient (Wildman–Crippen LogP) is 13.9. The summed E-state index contributed by atoms with van der Waals surface area (Å²) in [7, 11) is -10.5. The van der Waals surface area contributed by atoms with Gasteiger partial charge in [0.25, 0.3) is 0 Å². The number of benzene rings is 7. The van der Waals surface area contributed by atoms with Crippen molar-refractivity contribution in [1.82, 2.24) is 0 Å². The number of rotatable bonds is 11. The molecule has 9 nitrogen and oxygen atoms in total. The zero-order valence-electron chi connectivity index (χ0n) is 41.6. The van der Waals surface area contributed by atoms with Crippen molar-refractivity contribution in [3.63, 3.8) is 0 Å². The Kier molecular flexibility index (Phi) is 21.0. The number of ether oxygens (including phenoxy) is 3. The van der Waals surface area contributed by atoms with Crippen molar-refractivity contribution in [2.75, 3.05) is 0 Å². The van der Waals surface area contributed by atoms with Crippen molar-refractivity contribution in [3.8, 4) is 17.2 Å². The van der Waals surface area contributed by atoms with E-state index in [1.165, 1.54) is 29.4 Å². The number of hydrogen-bond donors (Lipinski definition) is 0. The second-order valence-corrected chi connectivity index (χ2v) is 25.5. The highest BCUT2D eigenvalue weighted by Gasteiger charge is 2.37. The van der Waals surface area contributed by atoms with E-state index >= 15 is 0 Å². The Morgan fingerprint density at radius 3 is 0.778 bits per heavy atom. The minimum atomic E-state index is -6.09. The summed E-state index contributed by atoms with van der Waals surface area (Å²) in [5, 5.41) is 0. The van der Waals surface area contributed by atoms with Gasteiger partial charge < -0.3 is 23.3 Å². The maximum atomic E-state index is 10.7. The molecule has 0 aromatic heterocycles. The maximum Gasteiger partial charge on any atom is 0.485 e. The topological polar surface area (TPSA) is 142 Å². The average Bonchev–Trinajstić information content (AvgIpc) is 3.28. The zero-order valence-corrected chi connectivity index (χ0v) is 44.9. The van der Waals surface area contributed by atoms with Crippen LogP contribution in [0.3, 0.4) is 0 Å². The molecule has 0 heterocycles. The van der Waals surface area contributed by atoms with Crippen LogP contribution in [0.5, 0.6) is 17.2 Å². The van der Waals surface area contributed by atoms with E-state index in [0.29, 0.717) is 5.56 Å². The molecule has 0 aliphatic heterocycles. The third kappa shape index (κ3) is 21.5. The van der Waals surface area contributed by atoms with Crippen LogP contribution < -0.4 is 14.2 Å². The van der Waals surface area contributed by atoms with Gasteiger partial charge in [0.15, 0.2) is 39.5 Å². The van der Waals surface area contributed by atoms with E-state index in [4.69, 9.17) is 27.2 Å². The lowest BCUT2D eigenvalue weighted by Crippen LogP contribution is -2.23. The fourth-order valence-electron chi connectivity index (χ4n) is 6.26. The summed E-state index contributed by atoms with van der Waals surface area (Å²) in [6.45, 7) is 18.6. The van der Waals surface area contributed by atoms with E-state index in [1.807, 2.05) is 0 Å². The first-order valence-electron chi connectivity index (χ1n) is 22.5. The molecular weight excluding hydrogens is 1000 g/mol. The van der Waals surface area contributed by atoms with Crippen LogP contribution in [0.15, 0.2) is 223 Å². The highest BCUT2D eigenvalue weighted by Crippen LogP contribution is 2.36. The number of alkyl halides is 3. The molecule has 0 saturated carbocycles. The summed E-state index contributed by atoms with van der Waals surface area (Å²) in [6.07, 6.45) is 0. The highest BCUT2D eigenvalue weighted by atomic mass is 32.2. The first-order chi connectivity index (χ1) is 33.5. The Balaban J connectivity index is 0.000000245. The normalized spacial score (nSPS) is 12.0. The fraction of sp³-hybridized carbons (Fsp3) is 0.250. The van der Waals surface area contributed by atoms with Crippen molar-refractivity contribution in [2.45, 2.75) is 120 Å². The van der Waals surface area contributed by atoms with Gasteiger partial charge in [-0.05, 0) is 177 Å². The summed E-state index contributed by atoms with van der Waals surface area (Å²) in [5.74, 6) is 2.21. The Labute approximate surface area is 429 Å². The lowest BCUT2D eigenvalue weighted by molar-refractivity contribution is -0.0518. The first kappa shape index (κ1) is 58.8. The molecular formula is C56H61F3O9S4. The van der Waals surface area contributed by atoms with Crippen LogP contribution in [0.2, 0.25) is 0 Å². The van der Waals surface area contributed by atoms with Crippen molar-refractivity contribution < 1.29 is 53.3 Å². The zero-order chi connectivity index (χ0) is 53.4. The lowest BCUT2D eigenvalue weighted by Gasteiger charge is -2.22. The van der Waals surface area contributed by atoms with Crippen LogP contribution >= 0.6 is 0 Å². The minimum Gasteiger partial charge on any atom is -0.748 e. The molecule has 0 aliphatic carbocycles. The maximum absolute atomic E-state index is 10.7. The summed E-state index contributed by atoms with van der Waals surface area (Å²) in [6, 6.07) is 65.9.